The van der Waals surface area contributed by atoms with Crippen LogP contribution < -0.4 is 16.0 Å². The zero-order valence-corrected chi connectivity index (χ0v) is 21.7. The van der Waals surface area contributed by atoms with Gasteiger partial charge in [-0.25, -0.2) is 4.79 Å². The molecular formula is C31H28N4O4. The van der Waals surface area contributed by atoms with E-state index in [2.05, 4.69) is 21.9 Å². The maximum atomic E-state index is 12.9. The lowest BCUT2D eigenvalue weighted by molar-refractivity contribution is -0.136. The number of piperidine rings is 1. The Morgan fingerprint density at radius 1 is 1.03 bits per heavy atom. The molecule has 1 atom stereocenters. The Morgan fingerprint density at radius 3 is 2.51 bits per heavy atom. The van der Waals surface area contributed by atoms with Crippen LogP contribution in [0.3, 0.4) is 0 Å². The number of nitrogens with zero attached hydrogens (tertiary/aromatic N) is 1. The highest BCUT2D eigenvalue weighted by Crippen LogP contribution is 2.30. The summed E-state index contributed by atoms with van der Waals surface area (Å²) < 4.78 is 0. The number of carbonyl (C=O) groups excluding carboxylic acids is 4. The van der Waals surface area contributed by atoms with Gasteiger partial charge in [0.1, 0.15) is 6.04 Å². The summed E-state index contributed by atoms with van der Waals surface area (Å²) in [6.07, 6.45) is 6.01. The number of amides is 5. The molecule has 0 aromatic heterocycles. The Labute approximate surface area is 226 Å². The highest BCUT2D eigenvalue weighted by atomic mass is 16.2. The monoisotopic (exact) mass is 520 g/mol. The Balaban J connectivity index is 1.24. The van der Waals surface area contributed by atoms with Crippen LogP contribution in [0.25, 0.3) is 11.1 Å². The number of nitrogens with one attached hydrogen (secondary N) is 3. The minimum absolute atomic E-state index is 0.195. The van der Waals surface area contributed by atoms with Crippen LogP contribution in [-0.2, 0) is 21.7 Å². The fourth-order valence-electron chi connectivity index (χ4n) is 5.04. The smallest absolute Gasteiger partial charge is 0.319 e. The number of imide groups is 1. The third kappa shape index (κ3) is 5.25. The van der Waals surface area contributed by atoms with Crippen LogP contribution >= 0.6 is 0 Å². The normalized spacial score (nSPS) is 16.8. The van der Waals surface area contributed by atoms with E-state index in [0.717, 1.165) is 22.3 Å². The van der Waals surface area contributed by atoms with Crippen molar-refractivity contribution in [3.63, 3.8) is 0 Å². The first-order valence-corrected chi connectivity index (χ1v) is 12.7. The van der Waals surface area contributed by atoms with Gasteiger partial charge in [-0.05, 0) is 72.9 Å². The second kappa shape index (κ2) is 10.1. The summed E-state index contributed by atoms with van der Waals surface area (Å²) in [5, 5.41) is 8.15. The highest BCUT2D eigenvalue weighted by molar-refractivity contribution is 6.05. The summed E-state index contributed by atoms with van der Waals surface area (Å²) in [5.41, 5.74) is 4.85. The first-order chi connectivity index (χ1) is 18.6. The molecule has 2 heterocycles. The topological polar surface area (TPSA) is 108 Å². The van der Waals surface area contributed by atoms with Crippen molar-refractivity contribution in [2.45, 2.75) is 44.8 Å². The number of rotatable bonds is 5. The van der Waals surface area contributed by atoms with E-state index in [0.29, 0.717) is 23.2 Å². The second-order valence-corrected chi connectivity index (χ2v) is 10.3. The summed E-state index contributed by atoms with van der Waals surface area (Å²) in [4.78, 5) is 51.0. The van der Waals surface area contributed by atoms with Gasteiger partial charge in [-0.3, -0.25) is 19.7 Å². The lowest BCUT2D eigenvalue weighted by atomic mass is 9.92. The van der Waals surface area contributed by atoms with Crippen molar-refractivity contribution in [3.05, 3.63) is 89.0 Å². The Morgan fingerprint density at radius 2 is 1.79 bits per heavy atom. The van der Waals surface area contributed by atoms with E-state index in [1.807, 2.05) is 62.4 Å². The van der Waals surface area contributed by atoms with Crippen molar-refractivity contribution in [3.8, 4) is 23.5 Å². The average molecular weight is 521 g/mol. The predicted molar refractivity (Wildman–Crippen MR) is 147 cm³/mol. The van der Waals surface area contributed by atoms with Crippen molar-refractivity contribution in [2.24, 2.45) is 0 Å². The first-order valence-electron chi connectivity index (χ1n) is 12.7. The number of hydrogen-bond acceptors (Lipinski definition) is 4. The fraction of sp³-hybridized carbons (Fsp3) is 0.226. The minimum Gasteiger partial charge on any atom is -0.329 e. The van der Waals surface area contributed by atoms with E-state index in [9.17, 15) is 19.2 Å². The second-order valence-electron chi connectivity index (χ2n) is 10.3. The summed E-state index contributed by atoms with van der Waals surface area (Å²) >= 11 is 0. The van der Waals surface area contributed by atoms with Gasteiger partial charge < -0.3 is 15.5 Å². The summed E-state index contributed by atoms with van der Waals surface area (Å²) in [6, 6.07) is 19.7. The van der Waals surface area contributed by atoms with E-state index in [-0.39, 0.29) is 24.8 Å². The third-order valence-corrected chi connectivity index (χ3v) is 7.18. The van der Waals surface area contributed by atoms with Crippen LogP contribution in [-0.4, -0.2) is 34.7 Å². The molecule has 3 aromatic carbocycles. The number of fused-ring (bicyclic) bond motifs is 1. The van der Waals surface area contributed by atoms with Gasteiger partial charge in [-0.1, -0.05) is 42.3 Å². The molecule has 0 saturated carbocycles. The first kappa shape index (κ1) is 25.7. The van der Waals surface area contributed by atoms with Crippen molar-refractivity contribution in [2.75, 3.05) is 5.32 Å². The van der Waals surface area contributed by atoms with Crippen LogP contribution in [0.5, 0.6) is 0 Å². The van der Waals surface area contributed by atoms with Crippen molar-refractivity contribution in [1.82, 2.24) is 15.5 Å². The quantitative estimate of drug-likeness (QED) is 0.347. The number of carbonyl (C=O) groups is 4. The molecule has 8 nitrogen and oxygen atoms in total. The molecular weight excluding hydrogens is 492 g/mol. The van der Waals surface area contributed by atoms with Crippen LogP contribution in [0.4, 0.5) is 10.5 Å². The fourth-order valence-corrected chi connectivity index (χ4v) is 5.04. The molecule has 5 amide bonds. The lowest BCUT2D eigenvalue weighted by Crippen LogP contribution is -2.52. The molecule has 0 aliphatic carbocycles. The van der Waals surface area contributed by atoms with E-state index < -0.39 is 23.5 Å². The molecule has 196 valence electrons. The molecule has 3 N–H and O–H groups in total. The number of hydrogen-bond donors (Lipinski definition) is 3. The number of urea groups is 1. The van der Waals surface area contributed by atoms with Crippen molar-refractivity contribution >= 4 is 29.4 Å². The van der Waals surface area contributed by atoms with Gasteiger partial charge >= 0.3 is 6.03 Å². The van der Waals surface area contributed by atoms with E-state index in [4.69, 9.17) is 6.42 Å². The largest absolute Gasteiger partial charge is 0.329 e. The molecule has 0 radical (unpaired) electrons. The molecule has 0 bridgehead atoms. The van der Waals surface area contributed by atoms with Crippen LogP contribution in [0.15, 0.2) is 66.7 Å². The van der Waals surface area contributed by atoms with Gasteiger partial charge in [0.2, 0.25) is 11.8 Å². The number of anilines is 1. The van der Waals surface area contributed by atoms with Gasteiger partial charge in [-0.15, -0.1) is 6.42 Å². The SMILES string of the molecule is C#Cc1cccc(-c2ccc(C(C)(C)NC(=O)Nc3ccc4c(c3)CN(C3CCC(=O)NC3=O)C4=O)cc2)c1. The van der Waals surface area contributed by atoms with Crippen molar-refractivity contribution < 1.29 is 19.2 Å². The average Bonchev–Trinajstić information content (AvgIpc) is 3.23. The maximum Gasteiger partial charge on any atom is 0.319 e. The molecule has 5 rings (SSSR count). The van der Waals surface area contributed by atoms with E-state index in [1.165, 1.54) is 4.90 Å². The zero-order valence-electron chi connectivity index (χ0n) is 21.7. The van der Waals surface area contributed by atoms with Crippen LogP contribution in [0.1, 0.15) is 53.7 Å². The summed E-state index contributed by atoms with van der Waals surface area (Å²) in [7, 11) is 0. The molecule has 1 fully saturated rings. The molecule has 8 heteroatoms. The van der Waals surface area contributed by atoms with Crippen molar-refractivity contribution in [1.29, 1.82) is 0 Å². The minimum atomic E-state index is -0.684. The highest BCUT2D eigenvalue weighted by Gasteiger charge is 2.39. The van der Waals surface area contributed by atoms with E-state index >= 15 is 0 Å². The molecule has 1 unspecified atom stereocenters. The Kier molecular flexibility index (Phi) is 6.67. The van der Waals surface area contributed by atoms with Crippen LogP contribution in [0, 0.1) is 12.3 Å². The third-order valence-electron chi connectivity index (χ3n) is 7.18. The van der Waals surface area contributed by atoms with Crippen LogP contribution in [0.2, 0.25) is 0 Å². The predicted octanol–water partition coefficient (Wildman–Crippen LogP) is 4.15. The molecule has 39 heavy (non-hydrogen) atoms. The molecule has 1 saturated heterocycles. The van der Waals surface area contributed by atoms with Gasteiger partial charge in [0.25, 0.3) is 5.91 Å². The van der Waals surface area contributed by atoms with Gasteiger partial charge in [0, 0.05) is 29.8 Å². The maximum absolute atomic E-state index is 12.9. The van der Waals surface area contributed by atoms with Gasteiger partial charge in [0.15, 0.2) is 0 Å². The Bertz CT molecular complexity index is 1530. The standard InChI is InChI=1S/C31H28N4O4/c1-4-19-6-5-7-21(16-19)20-8-10-23(11-9-20)31(2,3)34-30(39)32-24-12-13-25-22(17-24)18-35(29(25)38)26-14-15-27(36)33-28(26)37/h1,5-13,16-17,26H,14-15,18H2,2-3H3,(H2,32,34,39)(H,33,36,37). The van der Waals surface area contributed by atoms with Gasteiger partial charge in [0.05, 0.1) is 5.54 Å². The Hall–Kier alpha value is -4.90. The molecule has 0 spiro atoms. The molecule has 2 aliphatic rings. The zero-order chi connectivity index (χ0) is 27.7. The lowest BCUT2D eigenvalue weighted by Gasteiger charge is -2.29. The number of terminal acetylenes is 1. The summed E-state index contributed by atoms with van der Waals surface area (Å²) in [6.45, 7) is 4.07. The number of benzene rings is 3. The molecule has 3 aromatic rings. The summed E-state index contributed by atoms with van der Waals surface area (Å²) in [5.74, 6) is 1.61. The van der Waals surface area contributed by atoms with Gasteiger partial charge in [-0.2, -0.15) is 0 Å². The molecule has 2 aliphatic heterocycles. The van der Waals surface area contributed by atoms with E-state index in [1.54, 1.807) is 18.2 Å².